The molecule has 3 rings (SSSR count). The smallest absolute Gasteiger partial charge is 0.357 e. The van der Waals surface area contributed by atoms with Gasteiger partial charge in [0.05, 0.1) is 6.42 Å². The lowest BCUT2D eigenvalue weighted by Crippen LogP contribution is -2.49. The molecule has 2 amide bonds. The highest BCUT2D eigenvalue weighted by molar-refractivity contribution is 5.89. The molecule has 3 aromatic rings. The maximum absolute atomic E-state index is 13.3. The maximum atomic E-state index is 13.3. The van der Waals surface area contributed by atoms with Gasteiger partial charge in [-0.25, -0.2) is 0 Å². The molecule has 2 unspecified atom stereocenters. The number of likely N-dealkylation sites (N-methyl/N-ethyl adjacent to an activating group) is 1. The molecule has 178 valence electrons. The number of halogens is 3. The van der Waals surface area contributed by atoms with Crippen LogP contribution < -0.4 is 10.6 Å². The lowest BCUT2D eigenvalue weighted by molar-refractivity contribution is -0.142. The van der Waals surface area contributed by atoms with E-state index in [4.69, 9.17) is 0 Å². The summed E-state index contributed by atoms with van der Waals surface area (Å²) in [6.07, 6.45) is -0.470. The van der Waals surface area contributed by atoms with Crippen LogP contribution in [0.15, 0.2) is 72.9 Å². The molecule has 0 aliphatic carbocycles. The SMILES string of the molecule is CNC(=O)C(NC(=O)Cc1cn(C)nc1C(F)(F)F)C(/C=C/c1ccccc1)c1ccccc1. The number of aromatic nitrogens is 2. The van der Waals surface area contributed by atoms with Crippen molar-refractivity contribution in [1.29, 1.82) is 0 Å². The first-order chi connectivity index (χ1) is 16.2. The predicted octanol–water partition coefficient (Wildman–Crippen LogP) is 3.71. The Labute approximate surface area is 195 Å². The van der Waals surface area contributed by atoms with Gasteiger partial charge in [-0.3, -0.25) is 14.3 Å². The van der Waals surface area contributed by atoms with E-state index in [1.807, 2.05) is 66.7 Å². The number of hydrogen-bond donors (Lipinski definition) is 2. The molecule has 0 spiro atoms. The number of carbonyl (C=O) groups excluding carboxylic acids is 2. The Balaban J connectivity index is 1.91. The van der Waals surface area contributed by atoms with Gasteiger partial charge in [0.1, 0.15) is 6.04 Å². The third-order valence-corrected chi connectivity index (χ3v) is 5.21. The largest absolute Gasteiger partial charge is 0.435 e. The molecule has 9 heteroatoms. The predicted molar refractivity (Wildman–Crippen MR) is 123 cm³/mol. The van der Waals surface area contributed by atoms with Crippen molar-refractivity contribution in [3.8, 4) is 0 Å². The number of hydrogen-bond acceptors (Lipinski definition) is 3. The Kier molecular flexibility index (Phi) is 7.88. The standard InChI is InChI=1S/C25H25F3N4O2/c1-29-24(34)22(30-21(33)15-19-16-32(2)31-23(19)25(26,27)28)20(18-11-7-4-8-12-18)14-13-17-9-5-3-6-10-17/h3-14,16,20,22H,15H2,1-2H3,(H,29,34)(H,30,33)/b14-13+. The molecular weight excluding hydrogens is 445 g/mol. The van der Waals surface area contributed by atoms with E-state index in [1.165, 1.54) is 14.1 Å². The molecule has 1 aromatic heterocycles. The normalized spacial score (nSPS) is 13.4. The second kappa shape index (κ2) is 10.8. The minimum Gasteiger partial charge on any atom is -0.357 e. The molecule has 0 fully saturated rings. The molecule has 0 saturated heterocycles. The fraction of sp³-hybridized carbons (Fsp3) is 0.240. The third-order valence-electron chi connectivity index (χ3n) is 5.21. The Morgan fingerprint density at radius 3 is 2.26 bits per heavy atom. The number of alkyl halides is 3. The third kappa shape index (κ3) is 6.34. The number of rotatable bonds is 8. The van der Waals surface area contributed by atoms with Gasteiger partial charge in [-0.15, -0.1) is 0 Å². The van der Waals surface area contributed by atoms with Crippen molar-refractivity contribution >= 4 is 17.9 Å². The summed E-state index contributed by atoms with van der Waals surface area (Å²) in [7, 11) is 2.79. The lowest BCUT2D eigenvalue weighted by atomic mass is 9.89. The van der Waals surface area contributed by atoms with Gasteiger partial charge in [-0.2, -0.15) is 18.3 Å². The number of nitrogens with zero attached hydrogens (tertiary/aromatic N) is 2. The molecule has 2 atom stereocenters. The fourth-order valence-corrected chi connectivity index (χ4v) is 3.65. The Morgan fingerprint density at radius 2 is 1.68 bits per heavy atom. The zero-order valence-corrected chi connectivity index (χ0v) is 18.7. The molecule has 0 radical (unpaired) electrons. The van der Waals surface area contributed by atoms with Crippen LogP contribution in [0.2, 0.25) is 0 Å². The van der Waals surface area contributed by atoms with Gasteiger partial charge in [0.2, 0.25) is 11.8 Å². The minimum atomic E-state index is -4.69. The second-order valence-electron chi connectivity index (χ2n) is 7.72. The summed E-state index contributed by atoms with van der Waals surface area (Å²) in [5.74, 6) is -1.76. The van der Waals surface area contributed by atoms with Crippen molar-refractivity contribution in [2.24, 2.45) is 7.05 Å². The van der Waals surface area contributed by atoms with Crippen LogP contribution in [0, 0.1) is 0 Å². The van der Waals surface area contributed by atoms with Crippen molar-refractivity contribution in [1.82, 2.24) is 20.4 Å². The maximum Gasteiger partial charge on any atom is 0.435 e. The lowest BCUT2D eigenvalue weighted by Gasteiger charge is -2.25. The summed E-state index contributed by atoms with van der Waals surface area (Å²) < 4.78 is 40.9. The van der Waals surface area contributed by atoms with E-state index in [0.29, 0.717) is 0 Å². The average molecular weight is 470 g/mol. The van der Waals surface area contributed by atoms with Crippen LogP contribution in [0.25, 0.3) is 6.08 Å². The van der Waals surface area contributed by atoms with E-state index in [0.717, 1.165) is 22.0 Å². The number of benzene rings is 2. The summed E-state index contributed by atoms with van der Waals surface area (Å²) in [6.45, 7) is 0. The first-order valence-electron chi connectivity index (χ1n) is 10.6. The highest BCUT2D eigenvalue weighted by Gasteiger charge is 2.38. The zero-order chi connectivity index (χ0) is 24.7. The number of nitrogens with one attached hydrogen (secondary N) is 2. The first kappa shape index (κ1) is 24.8. The molecule has 6 nitrogen and oxygen atoms in total. The van der Waals surface area contributed by atoms with Gasteiger partial charge in [0.15, 0.2) is 5.69 Å². The molecule has 2 aromatic carbocycles. The first-order valence-corrected chi connectivity index (χ1v) is 10.6. The minimum absolute atomic E-state index is 0.265. The highest BCUT2D eigenvalue weighted by Crippen LogP contribution is 2.31. The Bertz CT molecular complexity index is 1140. The summed E-state index contributed by atoms with van der Waals surface area (Å²) >= 11 is 0. The summed E-state index contributed by atoms with van der Waals surface area (Å²) in [4.78, 5) is 25.6. The van der Waals surface area contributed by atoms with E-state index < -0.39 is 42.1 Å². The zero-order valence-electron chi connectivity index (χ0n) is 18.7. The van der Waals surface area contributed by atoms with Crippen LogP contribution in [0.5, 0.6) is 0 Å². The fourth-order valence-electron chi connectivity index (χ4n) is 3.65. The molecule has 1 heterocycles. The van der Waals surface area contributed by atoms with Crippen molar-refractivity contribution in [3.63, 3.8) is 0 Å². The summed E-state index contributed by atoms with van der Waals surface area (Å²) in [5, 5.41) is 8.60. The van der Waals surface area contributed by atoms with Crippen LogP contribution in [-0.2, 0) is 29.2 Å². The van der Waals surface area contributed by atoms with Crippen molar-refractivity contribution < 1.29 is 22.8 Å². The molecule has 2 N–H and O–H groups in total. The molecule has 0 bridgehead atoms. The van der Waals surface area contributed by atoms with Gasteiger partial charge in [-0.05, 0) is 11.1 Å². The van der Waals surface area contributed by atoms with E-state index in [1.54, 1.807) is 6.08 Å². The van der Waals surface area contributed by atoms with E-state index >= 15 is 0 Å². The molecule has 0 aliphatic rings. The number of carbonyl (C=O) groups is 2. The topological polar surface area (TPSA) is 76.0 Å². The molecule has 0 saturated carbocycles. The summed E-state index contributed by atoms with van der Waals surface area (Å²) in [6, 6.07) is 17.5. The van der Waals surface area contributed by atoms with Gasteiger partial charge in [-0.1, -0.05) is 72.8 Å². The number of amides is 2. The Hall–Kier alpha value is -3.88. The van der Waals surface area contributed by atoms with Crippen LogP contribution in [-0.4, -0.2) is 34.7 Å². The van der Waals surface area contributed by atoms with Crippen LogP contribution in [0.3, 0.4) is 0 Å². The second-order valence-corrected chi connectivity index (χ2v) is 7.72. The summed E-state index contributed by atoms with van der Waals surface area (Å²) in [5.41, 5.74) is 0.279. The Morgan fingerprint density at radius 1 is 1.06 bits per heavy atom. The van der Waals surface area contributed by atoms with E-state index in [-0.39, 0.29) is 5.56 Å². The molecule has 0 aliphatic heterocycles. The van der Waals surface area contributed by atoms with Gasteiger partial charge in [0, 0.05) is 31.8 Å². The monoisotopic (exact) mass is 470 g/mol. The molecular formula is C25H25F3N4O2. The van der Waals surface area contributed by atoms with Gasteiger partial charge < -0.3 is 10.6 Å². The van der Waals surface area contributed by atoms with Crippen LogP contribution in [0.4, 0.5) is 13.2 Å². The average Bonchev–Trinajstić information content (AvgIpc) is 3.19. The van der Waals surface area contributed by atoms with Crippen LogP contribution in [0.1, 0.15) is 28.3 Å². The molecule has 34 heavy (non-hydrogen) atoms. The number of aryl methyl sites for hydroxylation is 1. The highest BCUT2D eigenvalue weighted by atomic mass is 19.4. The van der Waals surface area contributed by atoms with E-state index in [9.17, 15) is 22.8 Å². The van der Waals surface area contributed by atoms with Crippen molar-refractivity contribution in [2.75, 3.05) is 7.05 Å². The van der Waals surface area contributed by atoms with Crippen LogP contribution >= 0.6 is 0 Å². The quantitative estimate of drug-likeness (QED) is 0.527. The van der Waals surface area contributed by atoms with E-state index in [2.05, 4.69) is 15.7 Å². The van der Waals surface area contributed by atoms with Gasteiger partial charge in [0.25, 0.3) is 0 Å². The van der Waals surface area contributed by atoms with Crippen molar-refractivity contribution in [2.45, 2.75) is 24.6 Å². The van der Waals surface area contributed by atoms with Crippen molar-refractivity contribution in [3.05, 3.63) is 95.3 Å². The van der Waals surface area contributed by atoms with Gasteiger partial charge >= 0.3 is 6.18 Å².